The van der Waals surface area contributed by atoms with Crippen molar-refractivity contribution >= 4 is 27.3 Å². The van der Waals surface area contributed by atoms with Gasteiger partial charge >= 0.3 is 0 Å². The average Bonchev–Trinajstić information content (AvgIpc) is 2.48. The molecule has 0 aromatic heterocycles. The summed E-state index contributed by atoms with van der Waals surface area (Å²) in [5.74, 6) is 0.816. The Kier molecular flexibility index (Phi) is 5.16. The molecule has 6 heteroatoms. The van der Waals surface area contributed by atoms with Crippen LogP contribution in [-0.2, 0) is 6.54 Å². The molecule has 0 aliphatic heterocycles. The van der Waals surface area contributed by atoms with Gasteiger partial charge in [0.05, 0.1) is 16.0 Å². The molecule has 0 aliphatic carbocycles. The predicted molar refractivity (Wildman–Crippen MR) is 85.7 cm³/mol. The molecule has 0 heterocycles. The predicted octanol–water partition coefficient (Wildman–Crippen LogP) is 4.37. The first-order valence-corrected chi connectivity index (χ1v) is 7.29. The Morgan fingerprint density at radius 2 is 1.95 bits per heavy atom. The average molecular weight is 351 g/mol. The molecule has 1 N–H and O–H groups in total. The highest BCUT2D eigenvalue weighted by atomic mass is 79.9. The molecule has 0 amide bonds. The number of nitrogens with one attached hydrogen (secondary N) is 1. The summed E-state index contributed by atoms with van der Waals surface area (Å²) in [6, 6.07) is 12.2. The molecule has 0 fully saturated rings. The Morgan fingerprint density at radius 3 is 2.52 bits per heavy atom. The molecule has 0 bridgehead atoms. The van der Waals surface area contributed by atoms with Crippen LogP contribution in [0.1, 0.15) is 12.5 Å². The normalized spacial score (nSPS) is 10.2. The fourth-order valence-corrected chi connectivity index (χ4v) is 2.37. The molecular weight excluding hydrogens is 336 g/mol. The van der Waals surface area contributed by atoms with E-state index in [0.717, 1.165) is 21.5 Å². The van der Waals surface area contributed by atoms with Gasteiger partial charge in [-0.25, -0.2) is 0 Å². The number of benzene rings is 2. The van der Waals surface area contributed by atoms with Crippen LogP contribution in [0.3, 0.4) is 0 Å². The van der Waals surface area contributed by atoms with E-state index in [1.165, 1.54) is 12.1 Å². The molecule has 2 rings (SSSR count). The third kappa shape index (κ3) is 4.19. The van der Waals surface area contributed by atoms with E-state index in [-0.39, 0.29) is 5.69 Å². The van der Waals surface area contributed by atoms with Crippen molar-refractivity contribution in [3.63, 3.8) is 0 Å². The first-order valence-electron chi connectivity index (χ1n) is 6.49. The number of anilines is 1. The molecule has 0 spiro atoms. The van der Waals surface area contributed by atoms with Crippen LogP contribution >= 0.6 is 15.9 Å². The summed E-state index contributed by atoms with van der Waals surface area (Å²) in [4.78, 5) is 10.2. The van der Waals surface area contributed by atoms with Gasteiger partial charge in [0.15, 0.2) is 0 Å². The summed E-state index contributed by atoms with van der Waals surface area (Å²) >= 11 is 3.47. The van der Waals surface area contributed by atoms with Gasteiger partial charge in [-0.05, 0) is 52.7 Å². The molecule has 0 radical (unpaired) electrons. The standard InChI is InChI=1S/C15H15BrN2O3/c1-2-21-15-8-3-11(9-14(15)16)10-17-12-4-6-13(7-5-12)18(19)20/h3-9,17H,2,10H2,1H3. The highest BCUT2D eigenvalue weighted by molar-refractivity contribution is 9.10. The molecule has 0 unspecified atom stereocenters. The Morgan fingerprint density at radius 1 is 1.24 bits per heavy atom. The van der Waals surface area contributed by atoms with Gasteiger partial charge in [0.2, 0.25) is 0 Å². The monoisotopic (exact) mass is 350 g/mol. The lowest BCUT2D eigenvalue weighted by molar-refractivity contribution is -0.384. The van der Waals surface area contributed by atoms with Crippen LogP contribution < -0.4 is 10.1 Å². The molecule has 0 saturated heterocycles. The highest BCUT2D eigenvalue weighted by Gasteiger charge is 2.05. The minimum Gasteiger partial charge on any atom is -0.493 e. The van der Waals surface area contributed by atoms with E-state index < -0.39 is 4.92 Å². The highest BCUT2D eigenvalue weighted by Crippen LogP contribution is 2.26. The molecule has 5 nitrogen and oxygen atoms in total. The van der Waals surface area contributed by atoms with Crippen LogP contribution in [0.5, 0.6) is 5.75 Å². The first-order chi connectivity index (χ1) is 10.1. The van der Waals surface area contributed by atoms with Crippen LogP contribution in [0.15, 0.2) is 46.9 Å². The molecule has 0 saturated carbocycles. The Bertz CT molecular complexity index is 629. The molecule has 2 aromatic rings. The molecule has 0 atom stereocenters. The van der Waals surface area contributed by atoms with Gasteiger partial charge in [0.25, 0.3) is 5.69 Å². The Labute approximate surface area is 131 Å². The Balaban J connectivity index is 1.99. The zero-order chi connectivity index (χ0) is 15.2. The van der Waals surface area contributed by atoms with Crippen molar-refractivity contribution in [2.45, 2.75) is 13.5 Å². The zero-order valence-corrected chi connectivity index (χ0v) is 13.1. The van der Waals surface area contributed by atoms with Crippen LogP contribution in [0.25, 0.3) is 0 Å². The van der Waals surface area contributed by atoms with E-state index in [2.05, 4.69) is 21.2 Å². The second kappa shape index (κ2) is 7.08. The number of halogens is 1. The summed E-state index contributed by atoms with van der Waals surface area (Å²) in [6.07, 6.45) is 0. The quantitative estimate of drug-likeness (QED) is 0.620. The first kappa shape index (κ1) is 15.3. The minimum absolute atomic E-state index is 0.0874. The number of hydrogen-bond donors (Lipinski definition) is 1. The summed E-state index contributed by atoms with van der Waals surface area (Å²) in [7, 11) is 0. The topological polar surface area (TPSA) is 64.4 Å². The fourth-order valence-electron chi connectivity index (χ4n) is 1.83. The van der Waals surface area contributed by atoms with E-state index >= 15 is 0 Å². The lowest BCUT2D eigenvalue weighted by atomic mass is 10.2. The smallest absolute Gasteiger partial charge is 0.269 e. The fraction of sp³-hybridized carbons (Fsp3) is 0.200. The maximum Gasteiger partial charge on any atom is 0.269 e. The lowest BCUT2D eigenvalue weighted by Crippen LogP contribution is -2.00. The maximum absolute atomic E-state index is 10.6. The second-order valence-corrected chi connectivity index (χ2v) is 5.21. The van der Waals surface area contributed by atoms with E-state index in [1.54, 1.807) is 12.1 Å². The summed E-state index contributed by atoms with van der Waals surface area (Å²) in [6.45, 7) is 3.19. The van der Waals surface area contributed by atoms with Crippen LogP contribution in [0.4, 0.5) is 11.4 Å². The molecule has 21 heavy (non-hydrogen) atoms. The molecular formula is C15H15BrN2O3. The Hall–Kier alpha value is -2.08. The van der Waals surface area contributed by atoms with Crippen LogP contribution in [0.2, 0.25) is 0 Å². The van der Waals surface area contributed by atoms with Crippen molar-refractivity contribution in [1.82, 2.24) is 0 Å². The summed E-state index contributed by atoms with van der Waals surface area (Å²) in [5, 5.41) is 13.8. The van der Waals surface area contributed by atoms with Crippen LogP contribution in [0, 0.1) is 10.1 Å². The van der Waals surface area contributed by atoms with Crippen molar-refractivity contribution < 1.29 is 9.66 Å². The van der Waals surface area contributed by atoms with Crippen molar-refractivity contribution in [1.29, 1.82) is 0 Å². The van der Waals surface area contributed by atoms with E-state index in [4.69, 9.17) is 4.74 Å². The van der Waals surface area contributed by atoms with Crippen molar-refractivity contribution in [3.8, 4) is 5.75 Å². The molecule has 110 valence electrons. The number of hydrogen-bond acceptors (Lipinski definition) is 4. The van der Waals surface area contributed by atoms with Gasteiger partial charge in [-0.1, -0.05) is 6.07 Å². The van der Waals surface area contributed by atoms with Crippen molar-refractivity contribution in [2.75, 3.05) is 11.9 Å². The van der Waals surface area contributed by atoms with Gasteiger partial charge in [-0.2, -0.15) is 0 Å². The summed E-state index contributed by atoms with van der Waals surface area (Å²) in [5.41, 5.74) is 2.01. The number of nitro benzene ring substituents is 1. The third-order valence-electron chi connectivity index (χ3n) is 2.87. The SMILES string of the molecule is CCOc1ccc(CNc2ccc([N+](=O)[O-])cc2)cc1Br. The number of non-ortho nitro benzene ring substituents is 1. The second-order valence-electron chi connectivity index (χ2n) is 4.36. The number of nitrogens with zero attached hydrogens (tertiary/aromatic N) is 1. The largest absolute Gasteiger partial charge is 0.493 e. The van der Waals surface area contributed by atoms with Gasteiger partial charge in [0, 0.05) is 24.4 Å². The van der Waals surface area contributed by atoms with Crippen LogP contribution in [-0.4, -0.2) is 11.5 Å². The van der Waals surface area contributed by atoms with E-state index in [1.807, 2.05) is 25.1 Å². The zero-order valence-electron chi connectivity index (χ0n) is 11.5. The third-order valence-corrected chi connectivity index (χ3v) is 3.49. The van der Waals surface area contributed by atoms with E-state index in [9.17, 15) is 10.1 Å². The maximum atomic E-state index is 10.6. The molecule has 0 aliphatic rings. The lowest BCUT2D eigenvalue weighted by Gasteiger charge is -2.09. The number of rotatable bonds is 6. The van der Waals surface area contributed by atoms with E-state index in [0.29, 0.717) is 13.2 Å². The summed E-state index contributed by atoms with van der Waals surface area (Å²) < 4.78 is 6.37. The minimum atomic E-state index is -0.409. The number of nitro groups is 1. The van der Waals surface area contributed by atoms with Gasteiger partial charge < -0.3 is 10.1 Å². The van der Waals surface area contributed by atoms with Crippen molar-refractivity contribution in [3.05, 3.63) is 62.6 Å². The van der Waals surface area contributed by atoms with Gasteiger partial charge in [-0.3, -0.25) is 10.1 Å². The number of ether oxygens (including phenoxy) is 1. The van der Waals surface area contributed by atoms with Gasteiger partial charge in [0.1, 0.15) is 5.75 Å². The molecule has 2 aromatic carbocycles. The van der Waals surface area contributed by atoms with Crippen molar-refractivity contribution in [2.24, 2.45) is 0 Å². The van der Waals surface area contributed by atoms with Gasteiger partial charge in [-0.15, -0.1) is 0 Å².